The zero-order chi connectivity index (χ0) is 9.26. The summed E-state index contributed by atoms with van der Waals surface area (Å²) in [5, 5.41) is 0. The van der Waals surface area contributed by atoms with Gasteiger partial charge in [0.2, 0.25) is 0 Å². The van der Waals surface area contributed by atoms with Crippen LogP contribution >= 0.6 is 0 Å². The fourth-order valence-corrected chi connectivity index (χ4v) is 1.63. The predicted molar refractivity (Wildman–Crippen MR) is 52.4 cm³/mol. The fraction of sp³-hybridized carbons (Fsp3) is 0.455. The van der Waals surface area contributed by atoms with E-state index >= 15 is 0 Å². The summed E-state index contributed by atoms with van der Waals surface area (Å²) in [5.74, 6) is 0.450. The van der Waals surface area contributed by atoms with Gasteiger partial charge in [-0.1, -0.05) is 25.1 Å². The van der Waals surface area contributed by atoms with Crippen LogP contribution in [0.1, 0.15) is 29.5 Å². The molecule has 1 aromatic rings. The molecule has 0 saturated carbocycles. The molecule has 0 aromatic heterocycles. The zero-order valence-electron chi connectivity index (χ0n) is 7.92. The van der Waals surface area contributed by atoms with Gasteiger partial charge in [-0.25, -0.2) is 0 Å². The van der Waals surface area contributed by atoms with Gasteiger partial charge in [-0.05, 0) is 29.2 Å². The first-order chi connectivity index (χ1) is 6.31. The molecule has 0 fully saturated rings. The Hall–Kier alpha value is -0.860. The summed E-state index contributed by atoms with van der Waals surface area (Å²) < 4.78 is 5.35. The Morgan fingerprint density at radius 3 is 2.92 bits per heavy atom. The quantitative estimate of drug-likeness (QED) is 0.747. The highest BCUT2D eigenvalue weighted by atomic mass is 16.5. The molecule has 2 nitrogen and oxygen atoms in total. The van der Waals surface area contributed by atoms with E-state index in [9.17, 15) is 0 Å². The molecule has 1 aromatic carbocycles. The first-order valence-electron chi connectivity index (χ1n) is 4.71. The van der Waals surface area contributed by atoms with Gasteiger partial charge in [0.1, 0.15) is 0 Å². The van der Waals surface area contributed by atoms with Crippen LogP contribution in [0.2, 0.25) is 0 Å². The van der Waals surface area contributed by atoms with Crippen molar-refractivity contribution in [3.8, 4) is 0 Å². The van der Waals surface area contributed by atoms with Gasteiger partial charge in [0.15, 0.2) is 0 Å². The van der Waals surface area contributed by atoms with Gasteiger partial charge >= 0.3 is 0 Å². The van der Waals surface area contributed by atoms with Gasteiger partial charge in [-0.3, -0.25) is 0 Å². The number of ether oxygens (including phenoxy) is 1. The minimum atomic E-state index is 0.450. The highest BCUT2D eigenvalue weighted by Gasteiger charge is 2.12. The maximum Gasteiger partial charge on any atom is 0.0725 e. The van der Waals surface area contributed by atoms with Crippen LogP contribution in [0.3, 0.4) is 0 Å². The fourth-order valence-electron chi connectivity index (χ4n) is 1.63. The van der Waals surface area contributed by atoms with E-state index in [0.29, 0.717) is 12.5 Å². The highest BCUT2D eigenvalue weighted by molar-refractivity contribution is 5.34. The van der Waals surface area contributed by atoms with E-state index in [4.69, 9.17) is 10.5 Å². The first-order valence-corrected chi connectivity index (χ1v) is 4.71. The molecule has 2 rings (SSSR count). The van der Waals surface area contributed by atoms with Gasteiger partial charge in [-0.15, -0.1) is 0 Å². The monoisotopic (exact) mass is 177 g/mol. The number of hydrogen-bond acceptors (Lipinski definition) is 2. The third kappa shape index (κ3) is 1.60. The molecule has 0 unspecified atom stereocenters. The molecule has 2 N–H and O–H groups in total. The predicted octanol–water partition coefficient (Wildman–Crippen LogP) is 1.78. The molecule has 1 aliphatic rings. The van der Waals surface area contributed by atoms with E-state index in [1.54, 1.807) is 0 Å². The summed E-state index contributed by atoms with van der Waals surface area (Å²) >= 11 is 0. The van der Waals surface area contributed by atoms with Crippen molar-refractivity contribution in [2.75, 3.05) is 6.54 Å². The minimum Gasteiger partial charge on any atom is -0.372 e. The van der Waals surface area contributed by atoms with Crippen molar-refractivity contribution in [2.24, 2.45) is 5.73 Å². The van der Waals surface area contributed by atoms with Gasteiger partial charge in [0.25, 0.3) is 0 Å². The number of hydrogen-bond donors (Lipinski definition) is 1. The van der Waals surface area contributed by atoms with E-state index in [2.05, 4.69) is 25.1 Å². The normalized spacial score (nSPS) is 17.1. The molecule has 0 aliphatic carbocycles. The number of fused-ring (bicyclic) bond motifs is 1. The Kier molecular flexibility index (Phi) is 2.34. The van der Waals surface area contributed by atoms with Gasteiger partial charge in [0, 0.05) is 0 Å². The number of rotatable bonds is 2. The lowest BCUT2D eigenvalue weighted by Crippen LogP contribution is -2.09. The minimum absolute atomic E-state index is 0.450. The van der Waals surface area contributed by atoms with E-state index < -0.39 is 0 Å². The Labute approximate surface area is 78.7 Å². The molecule has 0 spiro atoms. The van der Waals surface area contributed by atoms with Gasteiger partial charge in [-0.2, -0.15) is 0 Å². The summed E-state index contributed by atoms with van der Waals surface area (Å²) in [4.78, 5) is 0. The smallest absolute Gasteiger partial charge is 0.0725 e. The van der Waals surface area contributed by atoms with Crippen LogP contribution < -0.4 is 5.73 Å². The molecule has 0 bridgehead atoms. The van der Waals surface area contributed by atoms with Gasteiger partial charge in [0.05, 0.1) is 13.2 Å². The Bertz CT molecular complexity index is 309. The Morgan fingerprint density at radius 1 is 1.38 bits per heavy atom. The second-order valence-electron chi connectivity index (χ2n) is 3.66. The van der Waals surface area contributed by atoms with Crippen LogP contribution in [-0.4, -0.2) is 6.54 Å². The average Bonchev–Trinajstić information content (AvgIpc) is 2.63. The molecule has 70 valence electrons. The van der Waals surface area contributed by atoms with Crippen molar-refractivity contribution in [1.82, 2.24) is 0 Å². The molecular weight excluding hydrogens is 162 g/mol. The van der Waals surface area contributed by atoms with E-state index in [1.807, 2.05) is 0 Å². The topological polar surface area (TPSA) is 35.2 Å². The van der Waals surface area contributed by atoms with Crippen molar-refractivity contribution in [2.45, 2.75) is 26.1 Å². The third-order valence-electron chi connectivity index (χ3n) is 2.67. The van der Waals surface area contributed by atoms with E-state index in [0.717, 1.165) is 13.2 Å². The lowest BCUT2D eigenvalue weighted by atomic mass is 9.97. The Balaban J connectivity index is 2.30. The highest BCUT2D eigenvalue weighted by Crippen LogP contribution is 2.24. The van der Waals surface area contributed by atoms with Crippen LogP contribution in [0.4, 0.5) is 0 Å². The van der Waals surface area contributed by atoms with Crippen molar-refractivity contribution >= 4 is 0 Å². The molecule has 0 saturated heterocycles. The van der Waals surface area contributed by atoms with Crippen LogP contribution in [0.25, 0.3) is 0 Å². The van der Waals surface area contributed by atoms with Crippen LogP contribution in [0, 0.1) is 0 Å². The summed E-state index contributed by atoms with van der Waals surface area (Å²) in [6.45, 7) is 4.39. The lowest BCUT2D eigenvalue weighted by molar-refractivity contribution is 0.134. The molecule has 0 radical (unpaired) electrons. The zero-order valence-corrected chi connectivity index (χ0v) is 7.92. The average molecular weight is 177 g/mol. The molecule has 2 heteroatoms. The molecule has 1 aliphatic heterocycles. The number of nitrogens with two attached hydrogens (primary N) is 1. The van der Waals surface area contributed by atoms with Crippen LogP contribution in [-0.2, 0) is 18.0 Å². The largest absolute Gasteiger partial charge is 0.372 e. The third-order valence-corrected chi connectivity index (χ3v) is 2.67. The van der Waals surface area contributed by atoms with Crippen LogP contribution in [0.15, 0.2) is 18.2 Å². The molecule has 13 heavy (non-hydrogen) atoms. The maximum absolute atomic E-state index is 5.62. The van der Waals surface area contributed by atoms with Gasteiger partial charge < -0.3 is 10.5 Å². The van der Waals surface area contributed by atoms with Crippen molar-refractivity contribution < 1.29 is 4.74 Å². The second kappa shape index (κ2) is 3.48. The maximum atomic E-state index is 5.62. The molecular formula is C11H15NO. The number of benzene rings is 1. The first kappa shape index (κ1) is 8.73. The standard InChI is InChI=1S/C11H15NO/c1-8(5-12)9-2-3-10-6-13-7-11(10)4-9/h2-4,8H,5-7,12H2,1H3/t8-/m0/s1. The lowest BCUT2D eigenvalue weighted by Gasteiger charge is -2.09. The second-order valence-corrected chi connectivity index (χ2v) is 3.66. The SMILES string of the molecule is C[C@@H](CN)c1ccc2c(c1)COC2. The Morgan fingerprint density at radius 2 is 2.15 bits per heavy atom. The summed E-state index contributed by atoms with van der Waals surface area (Å²) in [7, 11) is 0. The van der Waals surface area contributed by atoms with E-state index in [1.165, 1.54) is 16.7 Å². The molecule has 0 amide bonds. The van der Waals surface area contributed by atoms with Crippen molar-refractivity contribution in [3.63, 3.8) is 0 Å². The molecule has 1 heterocycles. The summed E-state index contributed by atoms with van der Waals surface area (Å²) in [5.41, 5.74) is 9.60. The van der Waals surface area contributed by atoms with Crippen LogP contribution in [0.5, 0.6) is 0 Å². The summed E-state index contributed by atoms with van der Waals surface area (Å²) in [6, 6.07) is 6.54. The van der Waals surface area contributed by atoms with Crippen molar-refractivity contribution in [3.05, 3.63) is 34.9 Å². The molecule has 1 atom stereocenters. The summed E-state index contributed by atoms with van der Waals surface area (Å²) in [6.07, 6.45) is 0. The van der Waals surface area contributed by atoms with Crippen molar-refractivity contribution in [1.29, 1.82) is 0 Å². The van der Waals surface area contributed by atoms with E-state index in [-0.39, 0.29) is 0 Å².